The Morgan fingerprint density at radius 3 is 2.58 bits per heavy atom. The average Bonchev–Trinajstić information content (AvgIpc) is 3.36. The highest BCUT2D eigenvalue weighted by atomic mass is 16.5. The van der Waals surface area contributed by atoms with Crippen LogP contribution in [0.25, 0.3) is 0 Å². The number of nitrogens with one attached hydrogen (secondary N) is 1. The standard InChI is InChI=1S/C26H31N5O5/c1-29(23-24(27)31(26(34)28-25(23)33)15-17-8-5-4-6-9-17)16-22(32)30-13-7-10-20(30)19-12-11-18(35-2)14-21(19)36-3/h4-6,8-9,11-12,14,20H,7,10,13,15-16,27H2,1-3H3,(H,28,33,34). The monoisotopic (exact) mass is 493 g/mol. The van der Waals surface area contributed by atoms with Crippen molar-refractivity contribution in [1.29, 1.82) is 0 Å². The van der Waals surface area contributed by atoms with Crippen LogP contribution in [0.15, 0.2) is 58.1 Å². The van der Waals surface area contributed by atoms with Gasteiger partial charge in [-0.2, -0.15) is 0 Å². The van der Waals surface area contributed by atoms with Crippen molar-refractivity contribution in [1.82, 2.24) is 14.5 Å². The van der Waals surface area contributed by atoms with Gasteiger partial charge in [0.15, 0.2) is 0 Å². The Kier molecular flexibility index (Phi) is 7.33. The largest absolute Gasteiger partial charge is 0.497 e. The van der Waals surface area contributed by atoms with Gasteiger partial charge in [-0.3, -0.25) is 19.1 Å². The highest BCUT2D eigenvalue weighted by Crippen LogP contribution is 2.38. The van der Waals surface area contributed by atoms with E-state index >= 15 is 0 Å². The second kappa shape index (κ2) is 10.6. The topological polar surface area (TPSA) is 123 Å². The molecule has 1 aliphatic heterocycles. The summed E-state index contributed by atoms with van der Waals surface area (Å²) in [5.41, 5.74) is 6.90. The first-order valence-electron chi connectivity index (χ1n) is 11.7. The normalized spacial score (nSPS) is 15.1. The molecule has 0 bridgehead atoms. The van der Waals surface area contributed by atoms with Gasteiger partial charge in [-0.15, -0.1) is 0 Å². The maximum atomic E-state index is 13.4. The molecule has 2 heterocycles. The summed E-state index contributed by atoms with van der Waals surface area (Å²) in [6.45, 7) is 0.709. The number of nitrogen functional groups attached to an aromatic ring is 1. The van der Waals surface area contributed by atoms with Crippen LogP contribution in [0.1, 0.15) is 30.0 Å². The van der Waals surface area contributed by atoms with Crippen LogP contribution < -0.4 is 31.4 Å². The summed E-state index contributed by atoms with van der Waals surface area (Å²) >= 11 is 0. The number of benzene rings is 2. The fourth-order valence-electron chi connectivity index (χ4n) is 4.72. The maximum absolute atomic E-state index is 13.4. The lowest BCUT2D eigenvalue weighted by Crippen LogP contribution is -2.42. The fraction of sp³-hybridized carbons (Fsp3) is 0.346. The van der Waals surface area contributed by atoms with Gasteiger partial charge in [0, 0.05) is 25.2 Å². The number of nitrogens with two attached hydrogens (primary N) is 1. The van der Waals surface area contributed by atoms with Crippen LogP contribution in [-0.4, -0.2) is 54.7 Å². The Morgan fingerprint density at radius 2 is 1.89 bits per heavy atom. The molecule has 1 amide bonds. The Hall–Kier alpha value is -4.21. The van der Waals surface area contributed by atoms with Gasteiger partial charge in [-0.1, -0.05) is 30.3 Å². The first kappa shape index (κ1) is 24.9. The molecule has 1 unspecified atom stereocenters. The molecule has 2 aromatic carbocycles. The second-order valence-corrected chi connectivity index (χ2v) is 8.77. The number of ether oxygens (including phenoxy) is 2. The quantitative estimate of drug-likeness (QED) is 0.492. The third kappa shape index (κ3) is 4.93. The van der Waals surface area contributed by atoms with Gasteiger partial charge < -0.3 is 25.0 Å². The number of H-pyrrole nitrogens is 1. The van der Waals surface area contributed by atoms with Gasteiger partial charge in [0.25, 0.3) is 5.56 Å². The summed E-state index contributed by atoms with van der Waals surface area (Å²) < 4.78 is 12.2. The molecule has 190 valence electrons. The highest BCUT2D eigenvalue weighted by molar-refractivity contribution is 5.83. The van der Waals surface area contributed by atoms with Crippen molar-refractivity contribution in [3.8, 4) is 11.5 Å². The molecular weight excluding hydrogens is 462 g/mol. The molecule has 3 aromatic rings. The number of anilines is 2. The average molecular weight is 494 g/mol. The fourth-order valence-corrected chi connectivity index (χ4v) is 4.72. The predicted molar refractivity (Wildman–Crippen MR) is 138 cm³/mol. The van der Waals surface area contributed by atoms with Crippen LogP contribution in [0.3, 0.4) is 0 Å². The Morgan fingerprint density at radius 1 is 1.14 bits per heavy atom. The Balaban J connectivity index is 1.58. The lowest BCUT2D eigenvalue weighted by atomic mass is 10.0. The summed E-state index contributed by atoms with van der Waals surface area (Å²) in [7, 11) is 4.80. The minimum absolute atomic E-state index is 0.0118. The zero-order chi connectivity index (χ0) is 25.8. The minimum atomic E-state index is -0.632. The van der Waals surface area contributed by atoms with E-state index in [1.807, 2.05) is 42.5 Å². The summed E-state index contributed by atoms with van der Waals surface area (Å²) in [5, 5.41) is 0. The number of likely N-dealkylation sites (tertiary alicyclic amines) is 1. The smallest absolute Gasteiger partial charge is 0.330 e. The lowest BCUT2D eigenvalue weighted by Gasteiger charge is -2.29. The Bertz CT molecular complexity index is 1350. The van der Waals surface area contributed by atoms with Gasteiger partial charge in [0.05, 0.1) is 33.4 Å². The number of likely N-dealkylation sites (N-methyl/N-ethyl adjacent to an activating group) is 1. The lowest BCUT2D eigenvalue weighted by molar-refractivity contribution is -0.130. The molecule has 4 rings (SSSR count). The van der Waals surface area contributed by atoms with Crippen LogP contribution >= 0.6 is 0 Å². The summed E-state index contributed by atoms with van der Waals surface area (Å²) in [6.07, 6.45) is 1.64. The molecule has 1 fully saturated rings. The van der Waals surface area contributed by atoms with E-state index in [2.05, 4.69) is 4.98 Å². The van der Waals surface area contributed by atoms with E-state index in [-0.39, 0.29) is 36.5 Å². The Labute approximate surface area is 208 Å². The van der Waals surface area contributed by atoms with Crippen molar-refractivity contribution in [2.24, 2.45) is 0 Å². The zero-order valence-electron chi connectivity index (χ0n) is 20.7. The minimum Gasteiger partial charge on any atom is -0.497 e. The number of methoxy groups -OCH3 is 2. The molecule has 0 saturated carbocycles. The van der Waals surface area contributed by atoms with Crippen molar-refractivity contribution >= 4 is 17.4 Å². The molecule has 1 aliphatic rings. The number of amides is 1. The number of hydrogen-bond donors (Lipinski definition) is 2. The first-order valence-corrected chi connectivity index (χ1v) is 11.7. The number of hydrogen-bond acceptors (Lipinski definition) is 7. The number of carbonyl (C=O) groups is 1. The third-order valence-corrected chi connectivity index (χ3v) is 6.52. The number of nitrogens with zero attached hydrogens (tertiary/aromatic N) is 3. The van der Waals surface area contributed by atoms with Gasteiger partial charge in [-0.25, -0.2) is 4.79 Å². The van der Waals surface area contributed by atoms with E-state index < -0.39 is 11.2 Å². The number of carbonyl (C=O) groups excluding carboxylic acids is 1. The molecule has 0 aliphatic carbocycles. The van der Waals surface area contributed by atoms with Crippen molar-refractivity contribution in [3.63, 3.8) is 0 Å². The highest BCUT2D eigenvalue weighted by Gasteiger charge is 2.33. The molecule has 1 aromatic heterocycles. The van der Waals surface area contributed by atoms with Crippen molar-refractivity contribution < 1.29 is 14.3 Å². The number of aromatic amines is 1. The second-order valence-electron chi connectivity index (χ2n) is 8.77. The maximum Gasteiger partial charge on any atom is 0.330 e. The molecule has 3 N–H and O–H groups in total. The van der Waals surface area contributed by atoms with Gasteiger partial charge in [0.1, 0.15) is 23.0 Å². The molecule has 1 atom stereocenters. The van der Waals surface area contributed by atoms with E-state index in [4.69, 9.17) is 15.2 Å². The van der Waals surface area contributed by atoms with Gasteiger partial charge >= 0.3 is 5.69 Å². The van der Waals surface area contributed by atoms with E-state index in [0.29, 0.717) is 18.0 Å². The SMILES string of the molecule is COc1ccc(C2CCCN2C(=O)CN(C)c2c(N)n(Cc3ccccc3)c(=O)[nH]c2=O)c(OC)c1. The van der Waals surface area contributed by atoms with Crippen molar-refractivity contribution in [2.45, 2.75) is 25.4 Å². The zero-order valence-corrected chi connectivity index (χ0v) is 20.7. The van der Waals surface area contributed by atoms with Crippen molar-refractivity contribution in [3.05, 3.63) is 80.5 Å². The van der Waals surface area contributed by atoms with Gasteiger partial charge in [0.2, 0.25) is 5.91 Å². The van der Waals surface area contributed by atoms with Crippen LogP contribution in [0.2, 0.25) is 0 Å². The molecule has 0 radical (unpaired) electrons. The van der Waals surface area contributed by atoms with Crippen LogP contribution in [-0.2, 0) is 11.3 Å². The molecular formula is C26H31N5O5. The summed E-state index contributed by atoms with van der Waals surface area (Å²) in [5.74, 6) is 1.18. The molecule has 36 heavy (non-hydrogen) atoms. The van der Waals surface area contributed by atoms with E-state index in [1.165, 1.54) is 9.47 Å². The predicted octanol–water partition coefficient (Wildman–Crippen LogP) is 1.98. The third-order valence-electron chi connectivity index (χ3n) is 6.52. The van der Waals surface area contributed by atoms with Crippen LogP contribution in [0.4, 0.5) is 11.5 Å². The number of aromatic nitrogens is 2. The van der Waals surface area contributed by atoms with Crippen LogP contribution in [0, 0.1) is 0 Å². The van der Waals surface area contributed by atoms with E-state index in [9.17, 15) is 14.4 Å². The molecule has 10 heteroatoms. The molecule has 1 saturated heterocycles. The summed E-state index contributed by atoms with van der Waals surface area (Å²) in [6, 6.07) is 14.7. The first-order chi connectivity index (χ1) is 17.3. The molecule has 10 nitrogen and oxygen atoms in total. The van der Waals surface area contributed by atoms with Crippen molar-refractivity contribution in [2.75, 3.05) is 45.0 Å². The van der Waals surface area contributed by atoms with E-state index in [0.717, 1.165) is 24.0 Å². The number of rotatable bonds is 8. The van der Waals surface area contributed by atoms with Crippen LogP contribution in [0.5, 0.6) is 11.5 Å². The summed E-state index contributed by atoms with van der Waals surface area (Å²) in [4.78, 5) is 44.2. The van der Waals surface area contributed by atoms with Gasteiger partial charge in [-0.05, 0) is 30.5 Å². The molecule has 0 spiro atoms. The van der Waals surface area contributed by atoms with E-state index in [1.54, 1.807) is 32.2 Å².